The summed E-state index contributed by atoms with van der Waals surface area (Å²) < 4.78 is 0. The van der Waals surface area contributed by atoms with E-state index in [2.05, 4.69) is 16.0 Å². The van der Waals surface area contributed by atoms with Crippen LogP contribution in [0.15, 0.2) is 0 Å². The van der Waals surface area contributed by atoms with Crippen molar-refractivity contribution >= 4 is 24.2 Å². The Bertz CT molecular complexity index is 243. The second-order valence-electron chi connectivity index (χ2n) is 4.14. The summed E-state index contributed by atoms with van der Waals surface area (Å²) in [4.78, 5) is 22.6. The van der Waals surface area contributed by atoms with E-state index in [0.29, 0.717) is 6.42 Å². The number of amides is 2. The molecule has 5 nitrogen and oxygen atoms in total. The molecule has 3 N–H and O–H groups in total. The molecule has 2 amide bonds. The predicted octanol–water partition coefficient (Wildman–Crippen LogP) is 0.193. The number of halogens is 1. The fourth-order valence-electron chi connectivity index (χ4n) is 1.75. The molecule has 0 bridgehead atoms. The van der Waals surface area contributed by atoms with Gasteiger partial charge in [-0.25, -0.2) is 0 Å². The van der Waals surface area contributed by atoms with Crippen molar-refractivity contribution in [2.24, 2.45) is 0 Å². The highest BCUT2D eigenvalue weighted by Gasteiger charge is 2.15. The molecule has 6 heteroatoms. The molecule has 1 unspecified atom stereocenters. The number of piperidine rings is 1. The van der Waals surface area contributed by atoms with Crippen LogP contribution in [0.3, 0.4) is 0 Å². The van der Waals surface area contributed by atoms with Gasteiger partial charge in [-0.05, 0) is 25.8 Å². The van der Waals surface area contributed by atoms with Crippen LogP contribution in [0.2, 0.25) is 0 Å². The van der Waals surface area contributed by atoms with Crippen molar-refractivity contribution in [1.29, 1.82) is 0 Å². The molecule has 1 aliphatic rings. The SMILES string of the molecule is CCCC(=O)NCC(=O)NC1CCCNC1.Cl. The highest BCUT2D eigenvalue weighted by molar-refractivity contribution is 5.85. The van der Waals surface area contributed by atoms with E-state index in [1.165, 1.54) is 0 Å². The largest absolute Gasteiger partial charge is 0.351 e. The second kappa shape index (κ2) is 9.24. The summed E-state index contributed by atoms with van der Waals surface area (Å²) in [6.07, 6.45) is 3.40. The van der Waals surface area contributed by atoms with Crippen molar-refractivity contribution in [3.05, 3.63) is 0 Å². The Balaban J connectivity index is 0.00000256. The van der Waals surface area contributed by atoms with Gasteiger partial charge in [0.25, 0.3) is 0 Å². The molecule has 100 valence electrons. The maximum atomic E-state index is 11.5. The molecule has 0 saturated carbocycles. The maximum absolute atomic E-state index is 11.5. The summed E-state index contributed by atoms with van der Waals surface area (Å²) in [7, 11) is 0. The first-order valence-corrected chi connectivity index (χ1v) is 5.99. The zero-order valence-electron chi connectivity index (χ0n) is 10.3. The highest BCUT2D eigenvalue weighted by Crippen LogP contribution is 2.00. The topological polar surface area (TPSA) is 70.2 Å². The Hall–Kier alpha value is -0.810. The normalized spacial score (nSPS) is 19.0. The average molecular weight is 264 g/mol. The van der Waals surface area contributed by atoms with Gasteiger partial charge in [-0.1, -0.05) is 6.92 Å². The Morgan fingerprint density at radius 1 is 1.35 bits per heavy atom. The molecule has 0 radical (unpaired) electrons. The molecule has 0 aromatic carbocycles. The number of rotatable bonds is 5. The molecular weight excluding hydrogens is 242 g/mol. The fourth-order valence-corrected chi connectivity index (χ4v) is 1.75. The van der Waals surface area contributed by atoms with Gasteiger partial charge in [0.2, 0.25) is 11.8 Å². The van der Waals surface area contributed by atoms with Crippen LogP contribution in [0.4, 0.5) is 0 Å². The van der Waals surface area contributed by atoms with Crippen LogP contribution in [0.5, 0.6) is 0 Å². The monoisotopic (exact) mass is 263 g/mol. The van der Waals surface area contributed by atoms with Crippen LogP contribution < -0.4 is 16.0 Å². The standard InChI is InChI=1S/C11H21N3O2.ClH/c1-2-4-10(15)13-8-11(16)14-9-5-3-6-12-7-9;/h9,12H,2-8H2,1H3,(H,13,15)(H,14,16);1H. The minimum absolute atomic E-state index is 0. The third-order valence-electron chi connectivity index (χ3n) is 2.59. The molecular formula is C11H22ClN3O2. The molecule has 1 fully saturated rings. The Morgan fingerprint density at radius 3 is 2.71 bits per heavy atom. The average Bonchev–Trinajstić information content (AvgIpc) is 2.28. The molecule has 1 saturated heterocycles. The lowest BCUT2D eigenvalue weighted by Gasteiger charge is -2.23. The summed E-state index contributed by atoms with van der Waals surface area (Å²) in [5.74, 6) is -0.155. The van der Waals surface area contributed by atoms with Gasteiger partial charge in [-0.3, -0.25) is 9.59 Å². The van der Waals surface area contributed by atoms with Crippen molar-refractivity contribution in [2.45, 2.75) is 38.6 Å². The van der Waals surface area contributed by atoms with Crippen LogP contribution in [0.25, 0.3) is 0 Å². The molecule has 1 rings (SSSR count). The number of hydrogen-bond acceptors (Lipinski definition) is 3. The first-order valence-electron chi connectivity index (χ1n) is 5.99. The zero-order chi connectivity index (χ0) is 11.8. The summed E-state index contributed by atoms with van der Waals surface area (Å²) in [6.45, 7) is 3.89. The van der Waals surface area contributed by atoms with Gasteiger partial charge in [-0.2, -0.15) is 0 Å². The van der Waals surface area contributed by atoms with Crippen LogP contribution in [0, 0.1) is 0 Å². The smallest absolute Gasteiger partial charge is 0.239 e. The van der Waals surface area contributed by atoms with Crippen LogP contribution >= 0.6 is 12.4 Å². The highest BCUT2D eigenvalue weighted by atomic mass is 35.5. The summed E-state index contributed by atoms with van der Waals surface area (Å²) in [5.41, 5.74) is 0. The molecule has 0 aromatic rings. The van der Waals surface area contributed by atoms with E-state index in [1.54, 1.807) is 0 Å². The number of carbonyl (C=O) groups is 2. The Morgan fingerprint density at radius 2 is 2.12 bits per heavy atom. The minimum Gasteiger partial charge on any atom is -0.351 e. The van der Waals surface area contributed by atoms with E-state index in [-0.39, 0.29) is 36.8 Å². The van der Waals surface area contributed by atoms with Crippen LogP contribution in [0.1, 0.15) is 32.6 Å². The molecule has 17 heavy (non-hydrogen) atoms. The van der Waals surface area contributed by atoms with Gasteiger partial charge >= 0.3 is 0 Å². The van der Waals surface area contributed by atoms with Gasteiger partial charge in [-0.15, -0.1) is 12.4 Å². The lowest BCUT2D eigenvalue weighted by atomic mass is 10.1. The van der Waals surface area contributed by atoms with E-state index in [9.17, 15) is 9.59 Å². The van der Waals surface area contributed by atoms with E-state index in [4.69, 9.17) is 0 Å². The predicted molar refractivity (Wildman–Crippen MR) is 69.2 cm³/mol. The third-order valence-corrected chi connectivity index (χ3v) is 2.59. The summed E-state index contributed by atoms with van der Waals surface area (Å²) in [6, 6.07) is 0.212. The molecule has 0 aliphatic carbocycles. The first-order chi connectivity index (χ1) is 7.72. The maximum Gasteiger partial charge on any atom is 0.239 e. The van der Waals surface area contributed by atoms with Gasteiger partial charge in [0.05, 0.1) is 6.54 Å². The van der Waals surface area contributed by atoms with Crippen molar-refractivity contribution in [3.63, 3.8) is 0 Å². The van der Waals surface area contributed by atoms with E-state index < -0.39 is 0 Å². The lowest BCUT2D eigenvalue weighted by Crippen LogP contribution is -2.48. The summed E-state index contributed by atoms with van der Waals surface area (Å²) in [5, 5.41) is 8.73. The molecule has 1 aliphatic heterocycles. The number of carbonyl (C=O) groups excluding carboxylic acids is 2. The number of nitrogens with one attached hydrogen (secondary N) is 3. The molecule has 0 aromatic heterocycles. The van der Waals surface area contributed by atoms with E-state index in [1.807, 2.05) is 6.92 Å². The van der Waals surface area contributed by atoms with E-state index >= 15 is 0 Å². The van der Waals surface area contributed by atoms with Crippen LogP contribution in [-0.2, 0) is 9.59 Å². The van der Waals surface area contributed by atoms with Gasteiger partial charge < -0.3 is 16.0 Å². The molecule has 1 heterocycles. The quantitative estimate of drug-likeness (QED) is 0.663. The lowest BCUT2D eigenvalue weighted by molar-refractivity contribution is -0.126. The number of hydrogen-bond donors (Lipinski definition) is 3. The summed E-state index contributed by atoms with van der Waals surface area (Å²) >= 11 is 0. The Kier molecular flexibility index (Phi) is 8.80. The van der Waals surface area contributed by atoms with Crippen molar-refractivity contribution < 1.29 is 9.59 Å². The fraction of sp³-hybridized carbons (Fsp3) is 0.818. The van der Waals surface area contributed by atoms with Crippen molar-refractivity contribution in [3.8, 4) is 0 Å². The van der Waals surface area contributed by atoms with Gasteiger partial charge in [0.1, 0.15) is 0 Å². The van der Waals surface area contributed by atoms with E-state index in [0.717, 1.165) is 32.4 Å². The molecule has 0 spiro atoms. The van der Waals surface area contributed by atoms with Gasteiger partial charge in [0.15, 0.2) is 0 Å². The molecule has 1 atom stereocenters. The third kappa shape index (κ3) is 7.18. The Labute approximate surface area is 109 Å². The van der Waals surface area contributed by atoms with Gasteiger partial charge in [0, 0.05) is 19.0 Å². The second-order valence-corrected chi connectivity index (χ2v) is 4.14. The van der Waals surface area contributed by atoms with Crippen molar-refractivity contribution in [2.75, 3.05) is 19.6 Å². The zero-order valence-corrected chi connectivity index (χ0v) is 11.1. The van der Waals surface area contributed by atoms with Crippen LogP contribution in [-0.4, -0.2) is 37.5 Å². The minimum atomic E-state index is -0.0989. The van der Waals surface area contributed by atoms with Crippen molar-refractivity contribution in [1.82, 2.24) is 16.0 Å². The first kappa shape index (κ1) is 16.2.